The Morgan fingerprint density at radius 3 is 2.26 bits per heavy atom. The molecule has 100 valence electrons. The van der Waals surface area contributed by atoms with Crippen LogP contribution in [0.3, 0.4) is 0 Å². The Kier molecular flexibility index (Phi) is 5.14. The van der Waals surface area contributed by atoms with Gasteiger partial charge in [0.2, 0.25) is 0 Å². The Balaban J connectivity index is 1.90. The molecule has 0 heterocycles. The molecule has 2 atom stereocenters. The van der Waals surface area contributed by atoms with Crippen LogP contribution in [-0.4, -0.2) is 11.7 Å². The van der Waals surface area contributed by atoms with Gasteiger partial charge < -0.3 is 10.4 Å². The van der Waals surface area contributed by atoms with Crippen LogP contribution in [0.25, 0.3) is 0 Å². The summed E-state index contributed by atoms with van der Waals surface area (Å²) >= 11 is 3.43. The summed E-state index contributed by atoms with van der Waals surface area (Å²) in [6, 6.07) is 18.1. The molecule has 19 heavy (non-hydrogen) atoms. The fourth-order valence-corrected chi connectivity index (χ4v) is 2.22. The molecule has 0 fully saturated rings. The van der Waals surface area contributed by atoms with Crippen LogP contribution in [0.5, 0.6) is 0 Å². The van der Waals surface area contributed by atoms with Crippen molar-refractivity contribution in [3.63, 3.8) is 0 Å². The smallest absolute Gasteiger partial charge is 0.0914 e. The maximum absolute atomic E-state index is 10.1. The third kappa shape index (κ3) is 4.16. The lowest BCUT2D eigenvalue weighted by atomic mass is 10.1. The molecular formula is C16H18BrNO. The van der Waals surface area contributed by atoms with Crippen LogP contribution < -0.4 is 5.32 Å². The number of rotatable bonds is 5. The van der Waals surface area contributed by atoms with Gasteiger partial charge in [0.25, 0.3) is 0 Å². The number of hydrogen-bond acceptors (Lipinski definition) is 2. The largest absolute Gasteiger partial charge is 0.387 e. The lowest BCUT2D eigenvalue weighted by Gasteiger charge is -2.18. The third-order valence-electron chi connectivity index (χ3n) is 3.17. The molecule has 0 aliphatic carbocycles. The standard InChI is InChI=1S/C16H18BrNO/c1-12(13-7-9-15(17)10-8-13)18-11-16(19)14-5-3-2-4-6-14/h2-10,12,16,18-19H,11H2,1H3/t12-,16?/m1/s1. The first-order valence-electron chi connectivity index (χ1n) is 6.38. The molecule has 3 heteroatoms. The summed E-state index contributed by atoms with van der Waals surface area (Å²) < 4.78 is 1.08. The van der Waals surface area contributed by atoms with Crippen LogP contribution in [-0.2, 0) is 0 Å². The number of aliphatic hydroxyl groups excluding tert-OH is 1. The summed E-state index contributed by atoms with van der Waals surface area (Å²) in [7, 11) is 0. The van der Waals surface area contributed by atoms with Gasteiger partial charge >= 0.3 is 0 Å². The third-order valence-corrected chi connectivity index (χ3v) is 3.70. The Morgan fingerprint density at radius 2 is 1.63 bits per heavy atom. The first kappa shape index (κ1) is 14.3. The van der Waals surface area contributed by atoms with Crippen molar-refractivity contribution >= 4 is 15.9 Å². The molecule has 0 saturated carbocycles. The summed E-state index contributed by atoms with van der Waals surface area (Å²) in [5, 5.41) is 13.4. The van der Waals surface area contributed by atoms with Crippen molar-refractivity contribution in [1.82, 2.24) is 5.32 Å². The van der Waals surface area contributed by atoms with E-state index >= 15 is 0 Å². The number of benzene rings is 2. The van der Waals surface area contributed by atoms with Crippen molar-refractivity contribution in [2.45, 2.75) is 19.1 Å². The van der Waals surface area contributed by atoms with Crippen molar-refractivity contribution in [2.24, 2.45) is 0 Å². The second kappa shape index (κ2) is 6.85. The van der Waals surface area contributed by atoms with Crippen LogP contribution in [0.2, 0.25) is 0 Å². The van der Waals surface area contributed by atoms with Gasteiger partial charge in [0, 0.05) is 17.1 Å². The van der Waals surface area contributed by atoms with Gasteiger partial charge in [-0.15, -0.1) is 0 Å². The second-order valence-electron chi connectivity index (χ2n) is 4.61. The highest BCUT2D eigenvalue weighted by Gasteiger charge is 2.10. The minimum atomic E-state index is -0.473. The summed E-state index contributed by atoms with van der Waals surface area (Å²) in [6.45, 7) is 2.64. The number of hydrogen-bond donors (Lipinski definition) is 2. The number of halogens is 1. The Labute approximate surface area is 122 Å². The Hall–Kier alpha value is -1.16. The minimum absolute atomic E-state index is 0.214. The fourth-order valence-electron chi connectivity index (χ4n) is 1.95. The van der Waals surface area contributed by atoms with Crippen LogP contribution >= 0.6 is 15.9 Å². The van der Waals surface area contributed by atoms with E-state index in [0.717, 1.165) is 10.0 Å². The first-order valence-corrected chi connectivity index (χ1v) is 7.18. The molecule has 2 rings (SSSR count). The summed E-state index contributed by atoms with van der Waals surface area (Å²) in [6.07, 6.45) is -0.473. The quantitative estimate of drug-likeness (QED) is 0.877. The van der Waals surface area contributed by atoms with Gasteiger partial charge in [-0.25, -0.2) is 0 Å². The second-order valence-corrected chi connectivity index (χ2v) is 5.52. The molecule has 2 aromatic carbocycles. The van der Waals surface area contributed by atoms with Crippen molar-refractivity contribution in [2.75, 3.05) is 6.54 Å². The van der Waals surface area contributed by atoms with E-state index in [4.69, 9.17) is 0 Å². The van der Waals surface area contributed by atoms with Crippen LogP contribution in [0.15, 0.2) is 59.1 Å². The van der Waals surface area contributed by atoms with E-state index in [1.165, 1.54) is 5.56 Å². The Morgan fingerprint density at radius 1 is 1.00 bits per heavy atom. The molecule has 0 aliphatic heterocycles. The van der Waals surface area contributed by atoms with Crippen LogP contribution in [0.1, 0.15) is 30.2 Å². The molecule has 2 nitrogen and oxygen atoms in total. The van der Waals surface area contributed by atoms with Gasteiger partial charge in [-0.3, -0.25) is 0 Å². The van der Waals surface area contributed by atoms with Gasteiger partial charge in [0.15, 0.2) is 0 Å². The molecule has 0 radical (unpaired) electrons. The zero-order chi connectivity index (χ0) is 13.7. The van der Waals surface area contributed by atoms with Crippen LogP contribution in [0.4, 0.5) is 0 Å². The van der Waals surface area contributed by atoms with Gasteiger partial charge in [-0.1, -0.05) is 58.4 Å². The van der Waals surface area contributed by atoms with Crippen molar-refractivity contribution in [3.8, 4) is 0 Å². The summed E-state index contributed by atoms with van der Waals surface area (Å²) in [5.41, 5.74) is 2.15. The SMILES string of the molecule is C[C@@H](NCC(O)c1ccccc1)c1ccc(Br)cc1. The number of nitrogens with one attached hydrogen (secondary N) is 1. The molecule has 0 aliphatic rings. The monoisotopic (exact) mass is 319 g/mol. The maximum atomic E-state index is 10.1. The van der Waals surface area contributed by atoms with E-state index in [2.05, 4.69) is 40.3 Å². The molecule has 0 spiro atoms. The van der Waals surface area contributed by atoms with Crippen molar-refractivity contribution in [1.29, 1.82) is 0 Å². The zero-order valence-corrected chi connectivity index (χ0v) is 12.5. The van der Waals surface area contributed by atoms with Gasteiger partial charge in [0.1, 0.15) is 0 Å². The average Bonchev–Trinajstić information content (AvgIpc) is 2.46. The van der Waals surface area contributed by atoms with Crippen molar-refractivity contribution < 1.29 is 5.11 Å². The predicted octanol–water partition coefficient (Wildman–Crippen LogP) is 3.83. The number of aliphatic hydroxyl groups is 1. The summed E-state index contributed by atoms with van der Waals surface area (Å²) in [5.74, 6) is 0. The maximum Gasteiger partial charge on any atom is 0.0914 e. The molecule has 0 saturated heterocycles. The minimum Gasteiger partial charge on any atom is -0.387 e. The van der Waals surface area contributed by atoms with E-state index in [1.54, 1.807) is 0 Å². The van der Waals surface area contributed by atoms with Gasteiger partial charge in [-0.2, -0.15) is 0 Å². The van der Waals surface area contributed by atoms with Gasteiger partial charge in [0.05, 0.1) is 6.10 Å². The van der Waals surface area contributed by atoms with Crippen molar-refractivity contribution in [3.05, 3.63) is 70.2 Å². The normalized spacial score (nSPS) is 14.1. The van der Waals surface area contributed by atoms with E-state index < -0.39 is 6.10 Å². The van der Waals surface area contributed by atoms with Gasteiger partial charge in [-0.05, 0) is 30.2 Å². The topological polar surface area (TPSA) is 32.3 Å². The lowest BCUT2D eigenvalue weighted by molar-refractivity contribution is 0.171. The van der Waals surface area contributed by atoms with E-state index in [1.807, 2.05) is 42.5 Å². The highest BCUT2D eigenvalue weighted by atomic mass is 79.9. The molecular weight excluding hydrogens is 302 g/mol. The zero-order valence-electron chi connectivity index (χ0n) is 10.9. The first-order chi connectivity index (χ1) is 9.16. The predicted molar refractivity (Wildman–Crippen MR) is 82.0 cm³/mol. The van der Waals surface area contributed by atoms with Crippen LogP contribution in [0, 0.1) is 0 Å². The molecule has 2 N–H and O–H groups in total. The fraction of sp³-hybridized carbons (Fsp3) is 0.250. The highest BCUT2D eigenvalue weighted by Crippen LogP contribution is 2.18. The molecule has 0 aromatic heterocycles. The molecule has 2 aromatic rings. The molecule has 0 bridgehead atoms. The lowest BCUT2D eigenvalue weighted by Crippen LogP contribution is -2.24. The average molecular weight is 320 g/mol. The Bertz CT molecular complexity index is 498. The van der Waals surface area contributed by atoms with E-state index in [0.29, 0.717) is 6.54 Å². The highest BCUT2D eigenvalue weighted by molar-refractivity contribution is 9.10. The summed E-state index contributed by atoms with van der Waals surface area (Å²) in [4.78, 5) is 0. The molecule has 0 amide bonds. The molecule has 1 unspecified atom stereocenters. The van der Waals surface area contributed by atoms with E-state index in [-0.39, 0.29) is 6.04 Å². The van der Waals surface area contributed by atoms with E-state index in [9.17, 15) is 5.11 Å².